The summed E-state index contributed by atoms with van der Waals surface area (Å²) in [5, 5.41) is 13.3. The second-order valence-corrected chi connectivity index (χ2v) is 6.04. The quantitative estimate of drug-likeness (QED) is 0.767. The summed E-state index contributed by atoms with van der Waals surface area (Å²) in [5.41, 5.74) is 0.536. The highest BCUT2D eigenvalue weighted by Gasteiger charge is 2.26. The fourth-order valence-electron chi connectivity index (χ4n) is 2.66. The number of hydrogen-bond donors (Lipinski definition) is 2. The number of aromatic nitrogens is 2. The van der Waals surface area contributed by atoms with Gasteiger partial charge < -0.3 is 5.11 Å². The maximum absolute atomic E-state index is 11.3. The van der Waals surface area contributed by atoms with Gasteiger partial charge in [-0.25, -0.2) is 13.2 Å². The summed E-state index contributed by atoms with van der Waals surface area (Å²) >= 11 is 0. The molecule has 0 radical (unpaired) electrons. The van der Waals surface area contributed by atoms with E-state index in [2.05, 4.69) is 5.10 Å². The van der Waals surface area contributed by atoms with Gasteiger partial charge in [0.05, 0.1) is 11.9 Å². The molecule has 1 aliphatic carbocycles. The predicted molar refractivity (Wildman–Crippen MR) is 69.5 cm³/mol. The molecule has 2 rings (SSSR count). The van der Waals surface area contributed by atoms with Crippen molar-refractivity contribution in [2.75, 3.05) is 0 Å². The highest BCUT2D eigenvalue weighted by Crippen LogP contribution is 2.32. The van der Waals surface area contributed by atoms with Crippen LogP contribution in [0.4, 0.5) is 0 Å². The third-order valence-corrected chi connectivity index (χ3v) is 4.23. The van der Waals surface area contributed by atoms with Gasteiger partial charge >= 0.3 is 5.97 Å². The zero-order valence-corrected chi connectivity index (χ0v) is 11.5. The summed E-state index contributed by atoms with van der Waals surface area (Å²) in [5.74, 6) is -0.566. The van der Waals surface area contributed by atoms with Crippen molar-refractivity contribution in [1.82, 2.24) is 9.78 Å². The minimum absolute atomic E-state index is 0.0922. The van der Waals surface area contributed by atoms with E-state index in [0.717, 1.165) is 25.7 Å². The number of rotatable bonds is 6. The van der Waals surface area contributed by atoms with E-state index in [-0.39, 0.29) is 5.75 Å². The maximum atomic E-state index is 11.3. The van der Waals surface area contributed by atoms with Crippen LogP contribution in [0.25, 0.3) is 0 Å². The molecule has 1 aromatic heterocycles. The molecule has 1 atom stereocenters. The summed E-state index contributed by atoms with van der Waals surface area (Å²) < 4.78 is 22.7. The molecule has 0 bridgehead atoms. The second-order valence-electron chi connectivity index (χ2n) is 5.06. The molecule has 0 spiro atoms. The highest BCUT2D eigenvalue weighted by molar-refractivity contribution is 7.71. The van der Waals surface area contributed by atoms with Crippen LogP contribution in [0.3, 0.4) is 0 Å². The molecule has 1 saturated carbocycles. The Morgan fingerprint density at radius 3 is 2.74 bits per heavy atom. The minimum Gasteiger partial charge on any atom is -0.480 e. The molecule has 6 nitrogen and oxygen atoms in total. The van der Waals surface area contributed by atoms with Crippen LogP contribution in [-0.2, 0) is 21.3 Å². The fourth-order valence-corrected chi connectivity index (χ4v) is 3.12. The lowest BCUT2D eigenvalue weighted by molar-refractivity contribution is -0.141. The normalized spacial score (nSPS) is 17.9. The summed E-state index contributed by atoms with van der Waals surface area (Å²) in [6.45, 7) is 0. The van der Waals surface area contributed by atoms with Crippen LogP contribution in [0.5, 0.6) is 0 Å². The molecule has 0 aromatic carbocycles. The third kappa shape index (κ3) is 3.79. The lowest BCUT2D eigenvalue weighted by Gasteiger charge is -2.17. The third-order valence-electron chi connectivity index (χ3n) is 3.60. The van der Waals surface area contributed by atoms with E-state index in [4.69, 9.17) is 0 Å². The highest BCUT2D eigenvalue weighted by atomic mass is 32.2. The minimum atomic E-state index is -2.51. The van der Waals surface area contributed by atoms with Gasteiger partial charge in [-0.1, -0.05) is 25.7 Å². The van der Waals surface area contributed by atoms with Gasteiger partial charge in [-0.2, -0.15) is 5.10 Å². The smallest absolute Gasteiger partial charge is 0.328 e. The average molecular weight is 286 g/mol. The van der Waals surface area contributed by atoms with Gasteiger partial charge in [0.2, 0.25) is 0 Å². The molecule has 0 unspecified atom stereocenters. The number of hydrogen-bond acceptors (Lipinski definition) is 4. The van der Waals surface area contributed by atoms with Crippen molar-refractivity contribution >= 4 is 16.7 Å². The Kier molecular flexibility index (Phi) is 4.57. The summed E-state index contributed by atoms with van der Waals surface area (Å²) in [6.07, 6.45) is 8.00. The van der Waals surface area contributed by atoms with E-state index in [1.54, 1.807) is 0 Å². The van der Waals surface area contributed by atoms with Crippen LogP contribution in [0.2, 0.25) is 0 Å². The Bertz CT molecular complexity index is 510. The first-order valence-electron chi connectivity index (χ1n) is 6.44. The Balaban J connectivity index is 2.09. The Hall–Kier alpha value is -1.37. The van der Waals surface area contributed by atoms with Crippen molar-refractivity contribution in [1.29, 1.82) is 0 Å². The van der Waals surface area contributed by atoms with Crippen LogP contribution >= 0.6 is 0 Å². The summed E-state index contributed by atoms with van der Waals surface area (Å²) in [4.78, 5) is 11.3. The van der Waals surface area contributed by atoms with E-state index >= 15 is 0 Å². The molecule has 106 valence electrons. The largest absolute Gasteiger partial charge is 0.480 e. The van der Waals surface area contributed by atoms with Crippen LogP contribution in [-0.4, -0.2) is 29.3 Å². The van der Waals surface area contributed by atoms with Crippen LogP contribution < -0.4 is 0 Å². The van der Waals surface area contributed by atoms with Gasteiger partial charge in [0.25, 0.3) is 0 Å². The molecule has 0 saturated heterocycles. The van der Waals surface area contributed by atoms with Crippen LogP contribution in [0, 0.1) is 5.92 Å². The first-order valence-corrected chi connectivity index (χ1v) is 7.80. The zero-order chi connectivity index (χ0) is 13.8. The number of carboxylic acid groups (broad SMARTS) is 1. The van der Waals surface area contributed by atoms with Crippen molar-refractivity contribution < 1.29 is 18.3 Å². The first-order chi connectivity index (χ1) is 9.06. The van der Waals surface area contributed by atoms with Gasteiger partial charge in [-0.15, -0.1) is 0 Å². The van der Waals surface area contributed by atoms with Crippen molar-refractivity contribution in [2.45, 2.75) is 43.9 Å². The van der Waals surface area contributed by atoms with Crippen molar-refractivity contribution in [3.63, 3.8) is 0 Å². The number of carbonyl (C=O) groups is 1. The zero-order valence-electron chi connectivity index (χ0n) is 10.6. The molecule has 19 heavy (non-hydrogen) atoms. The van der Waals surface area contributed by atoms with E-state index < -0.39 is 22.7 Å². The number of aliphatic carboxylic acids is 1. The molecule has 0 amide bonds. The lowest BCUT2D eigenvalue weighted by Crippen LogP contribution is -2.22. The Morgan fingerprint density at radius 1 is 1.47 bits per heavy atom. The molecular weight excluding hydrogens is 268 g/mol. The molecule has 7 heteroatoms. The molecule has 0 aliphatic heterocycles. The van der Waals surface area contributed by atoms with E-state index in [1.165, 1.54) is 17.1 Å². The number of carboxylic acids is 1. The van der Waals surface area contributed by atoms with Gasteiger partial charge in [-0.3, -0.25) is 4.68 Å². The average Bonchev–Trinajstić information content (AvgIpc) is 2.95. The molecule has 1 aromatic rings. The van der Waals surface area contributed by atoms with Crippen LogP contribution in [0.1, 0.15) is 43.7 Å². The number of thiol groups is 1. The molecular formula is C12H18N2O4S. The molecule has 1 N–H and O–H groups in total. The van der Waals surface area contributed by atoms with Gasteiger partial charge in [-0.05, 0) is 12.3 Å². The van der Waals surface area contributed by atoms with E-state index in [9.17, 15) is 18.3 Å². The topological polar surface area (TPSA) is 89.3 Å². The predicted octanol–water partition coefficient (Wildman–Crippen LogP) is 1.20. The van der Waals surface area contributed by atoms with Gasteiger partial charge in [0, 0.05) is 11.8 Å². The standard InChI is InChI=1S/C12H18N2O4S/c15-12(16)11(5-9-3-1-2-4-9)14-7-10(6-13-14)8-19(17)18/h6-7,9,11,19H,1-5,8H2,(H,15,16)/t11-/m0/s1. The van der Waals surface area contributed by atoms with Crippen molar-refractivity contribution in [3.8, 4) is 0 Å². The second kappa shape index (κ2) is 6.18. The van der Waals surface area contributed by atoms with Gasteiger partial charge in [0.1, 0.15) is 16.7 Å². The Labute approximate surface area is 113 Å². The van der Waals surface area contributed by atoms with E-state index in [0.29, 0.717) is 17.9 Å². The fraction of sp³-hybridized carbons (Fsp3) is 0.667. The SMILES string of the molecule is O=C(O)[C@H](CC1CCCC1)n1cc(C[SH](=O)=O)cn1. The van der Waals surface area contributed by atoms with Crippen molar-refractivity contribution in [2.24, 2.45) is 5.92 Å². The van der Waals surface area contributed by atoms with Crippen LogP contribution in [0.15, 0.2) is 12.4 Å². The summed E-state index contributed by atoms with van der Waals surface area (Å²) in [6, 6.07) is -0.693. The monoisotopic (exact) mass is 286 g/mol. The summed E-state index contributed by atoms with van der Waals surface area (Å²) in [7, 11) is -2.51. The number of nitrogens with zero attached hydrogens (tertiary/aromatic N) is 2. The Morgan fingerprint density at radius 2 is 2.16 bits per heavy atom. The first kappa shape index (κ1) is 14.0. The molecule has 1 fully saturated rings. The maximum Gasteiger partial charge on any atom is 0.328 e. The molecule has 1 aliphatic rings. The van der Waals surface area contributed by atoms with Gasteiger partial charge in [0.15, 0.2) is 0 Å². The molecule has 1 heterocycles. The van der Waals surface area contributed by atoms with E-state index in [1.807, 2.05) is 0 Å². The van der Waals surface area contributed by atoms with Crippen molar-refractivity contribution in [3.05, 3.63) is 18.0 Å². The lowest BCUT2D eigenvalue weighted by atomic mass is 9.98.